The molecule has 6 atom stereocenters. The number of unbranched alkanes of at least 4 members (excludes halogenated alkanes) is 1. The number of benzene rings is 5. The Morgan fingerprint density at radius 2 is 1.07 bits per heavy atom. The average molecular weight is 1750 g/mol. The fourth-order valence-corrected chi connectivity index (χ4v) is 14.6. The number of guanidine groups is 1. The molecule has 0 aliphatic carbocycles. The van der Waals surface area contributed by atoms with E-state index in [9.17, 15) is 92.6 Å². The maximum Gasteiger partial charge on any atom is 4.00 e. The van der Waals surface area contributed by atoms with Crippen molar-refractivity contribution in [2.75, 3.05) is 59.5 Å². The second-order valence-electron chi connectivity index (χ2n) is 23.8. The van der Waals surface area contributed by atoms with Gasteiger partial charge in [-0.3, -0.25) is 63.4 Å². The maximum absolute atomic E-state index is 13.8. The van der Waals surface area contributed by atoms with Crippen LogP contribution in [0, 0.1) is 5.92 Å². The summed E-state index contributed by atoms with van der Waals surface area (Å²) in [5.41, 5.74) is 22.4. The summed E-state index contributed by atoms with van der Waals surface area (Å²) in [6.45, 7) is -1.46. The molecule has 6 rings (SSSR count). The molecule has 27 N–H and O–H groups in total. The molecule has 0 spiro atoms. The van der Waals surface area contributed by atoms with Gasteiger partial charge in [0, 0.05) is 25.7 Å². The first-order valence-electron chi connectivity index (χ1n) is 33.4. The van der Waals surface area contributed by atoms with Crippen molar-refractivity contribution in [1.29, 1.82) is 0 Å². The molecule has 1 heterocycles. The number of carboxylic acid groups (broad SMARTS) is 3. The number of hydrogen-bond donors (Lipinski definition) is 23. The van der Waals surface area contributed by atoms with Gasteiger partial charge in [0.25, 0.3) is 30.4 Å². The molecule has 47 heteroatoms. The molecule has 0 saturated carbocycles. The largest absolute Gasteiger partial charge is 4.00 e. The van der Waals surface area contributed by atoms with Crippen LogP contribution in [0.1, 0.15) is 50.5 Å². The molecule has 1 radical (unpaired) electrons. The van der Waals surface area contributed by atoms with Crippen molar-refractivity contribution < 1.29 is 163 Å². The van der Waals surface area contributed by atoms with Gasteiger partial charge < -0.3 is 90.6 Å². The molecule has 2 unspecified atom stereocenters. The van der Waals surface area contributed by atoms with E-state index in [-0.39, 0.29) is 81.4 Å². The molecule has 609 valence electrons. The van der Waals surface area contributed by atoms with Gasteiger partial charge in [0.15, 0.2) is 11.8 Å². The number of aliphatic carboxylic acids is 3. The van der Waals surface area contributed by atoms with Gasteiger partial charge in [-0.25, -0.2) is 14.6 Å². The summed E-state index contributed by atoms with van der Waals surface area (Å²) in [5.74, 6) is -10.2. The monoisotopic (exact) mass is 1750 g/mol. The summed E-state index contributed by atoms with van der Waals surface area (Å²) in [6, 6.07) is 26.1. The SMILES string of the molecule is NC(C(=O)O)C(CO)C(NCO)(NCO)NCO.NC(N)=NCCC[C@H](N)C(=O)NCC(=O)N[C@@H](CC(=O)O)C(=O)N[C@H](Cc1ccc2ccccc2c1)C(=O)N[C@@H](CCCCNCCCNC(=O)/N=N/c1ccccn1)C(=O)O.O=S(=O)(O)c1cccc(P(c2cccc(S(=O)(=O)O)c2)c2cccc(S(=O)(=O)O)c2)c1.[99Tc+4].[Na+]. The van der Waals surface area contributed by atoms with Crippen LogP contribution in [0.4, 0.5) is 10.6 Å². The van der Waals surface area contributed by atoms with E-state index in [1.165, 1.54) is 60.8 Å². The minimum Gasteiger partial charge on any atom is -0.481 e. The van der Waals surface area contributed by atoms with Crippen LogP contribution in [-0.2, 0) is 90.4 Å². The summed E-state index contributed by atoms with van der Waals surface area (Å²) in [6.07, 6.45) is 2.74. The summed E-state index contributed by atoms with van der Waals surface area (Å²) in [4.78, 5) is 106. The van der Waals surface area contributed by atoms with Crippen molar-refractivity contribution in [1.82, 2.24) is 52.8 Å². The number of carbonyl (C=O) groups is 8. The number of carboxylic acids is 3. The maximum atomic E-state index is 13.8. The number of azo groups is 1. The van der Waals surface area contributed by atoms with E-state index in [0.29, 0.717) is 72.6 Å². The standard InChI is InChI=1S/C40H55N13O9.C18H15O9PS3.C8H20N4O6.Na.Tc/c41-28(11-7-19-46-39(42)43)35(57)48-24-33(54)49-31(23-34(55)56)37(59)51-30(22-25-14-15-26-9-1-2-10-27(26)21-25)36(58)50-29(38(60)61)12-3-5-16-44-17-8-20-47-40(62)53-52-32-13-4-6-18-45-32;19-29(20,21)16-7-1-4-13(10-16)28(14-5-2-8-17(11-14)30(22,23)24)15-6-3-9-18(12-15)31(25,26)27;9-6(7(17)18)5(1-13)8(10-2-14,11-3-15)12-4-16;;/h1-2,4,6,9-10,13-15,18,21,28-31,44H,3,5,7-8,11-12,16-17,19-20,22-24,41H2,(H,47,62)(H,48,57)(H,49,54)(H,50,58)(H,51,59)(H,55,56)(H,60,61)(H4,42,43,46);1-12H,(H,19,20,21)(H,22,23,24)(H,25,26,27);5-6,10-16H,1-4,9H2,(H,17,18);;/q;;;+1;+4/b53-52+;;;;/t28-,29-,30+,31-;;;;/m0..../s1/i;;;;1+1. The molecule has 6 amide bonds. The molecule has 0 aliphatic rings. The van der Waals surface area contributed by atoms with Crippen LogP contribution in [0.3, 0.4) is 0 Å². The Labute approximate surface area is 685 Å². The molecule has 6 aromatic rings. The fraction of sp³-hybridized carbons (Fsp3) is 0.364. The number of nitrogens with zero attached hydrogens (tertiary/aromatic N) is 4. The number of nitrogens with one attached hydrogen (secondary N) is 9. The van der Waals surface area contributed by atoms with Gasteiger partial charge >= 0.3 is 73.6 Å². The minimum atomic E-state index is -4.55. The van der Waals surface area contributed by atoms with Gasteiger partial charge in [0.05, 0.1) is 66.4 Å². The second-order valence-corrected chi connectivity index (χ2v) is 30.3. The van der Waals surface area contributed by atoms with Crippen molar-refractivity contribution in [2.45, 2.75) is 102 Å². The van der Waals surface area contributed by atoms with Gasteiger partial charge in [0.2, 0.25) is 23.6 Å². The van der Waals surface area contributed by atoms with E-state index in [1.54, 1.807) is 30.3 Å². The number of rotatable bonds is 43. The Kier molecular flexibility index (Phi) is 45.2. The number of aromatic nitrogens is 1. The molecule has 0 fully saturated rings. The van der Waals surface area contributed by atoms with E-state index in [4.69, 9.17) is 43.4 Å². The zero-order chi connectivity index (χ0) is 82.5. The molecule has 0 bridgehead atoms. The molecule has 0 saturated heterocycles. The van der Waals surface area contributed by atoms with Crippen molar-refractivity contribution in [3.8, 4) is 0 Å². The van der Waals surface area contributed by atoms with Gasteiger partial charge in [-0.15, -0.1) is 5.11 Å². The molecule has 41 nitrogen and oxygen atoms in total. The van der Waals surface area contributed by atoms with Crippen LogP contribution in [0.25, 0.3) is 10.8 Å². The fourth-order valence-electron chi connectivity index (χ4n) is 10.3. The number of pyridine rings is 1. The third-order valence-electron chi connectivity index (χ3n) is 15.7. The second kappa shape index (κ2) is 50.7. The van der Waals surface area contributed by atoms with Crippen LogP contribution in [-0.4, -0.2) is 229 Å². The zero-order valence-corrected chi connectivity index (χ0v) is 67.8. The number of hydrogen-bond acceptors (Lipinski definition) is 27. The van der Waals surface area contributed by atoms with E-state index < -0.39 is 182 Å². The molecule has 0 aliphatic heterocycles. The summed E-state index contributed by atoms with van der Waals surface area (Å²) in [5, 5.41) is 97.0. The Bertz CT molecular complexity index is 4340. The first-order chi connectivity index (χ1) is 52.5. The van der Waals surface area contributed by atoms with Crippen molar-refractivity contribution in [3.05, 3.63) is 145 Å². The quantitative estimate of drug-likeness (QED) is 0.00247. The van der Waals surface area contributed by atoms with Crippen LogP contribution in [0.15, 0.2) is 170 Å². The first kappa shape index (κ1) is 101. The molecule has 113 heavy (non-hydrogen) atoms. The number of carbonyl (C=O) groups excluding carboxylic acids is 5. The summed E-state index contributed by atoms with van der Waals surface area (Å²) in [7, 11) is -15.4. The van der Waals surface area contributed by atoms with Crippen LogP contribution in [0.2, 0.25) is 0 Å². The van der Waals surface area contributed by atoms with E-state index in [2.05, 4.69) is 68.1 Å². The predicted molar refractivity (Wildman–Crippen MR) is 402 cm³/mol. The first-order valence-corrected chi connectivity index (χ1v) is 39.1. The van der Waals surface area contributed by atoms with Crippen LogP contribution >= 0.6 is 7.92 Å². The predicted octanol–water partition coefficient (Wildman–Crippen LogP) is -6.60. The number of fused-ring (bicyclic) bond motifs is 1. The van der Waals surface area contributed by atoms with Gasteiger partial charge in [-0.2, -0.15) is 25.3 Å². The van der Waals surface area contributed by atoms with Crippen LogP contribution in [0.5, 0.6) is 0 Å². The number of aliphatic hydroxyl groups excluding tert-OH is 4. The number of aliphatic imine (C=N–C) groups is 1. The van der Waals surface area contributed by atoms with E-state index in [1.807, 2.05) is 30.3 Å². The Hall–Kier alpha value is -8.45. The summed E-state index contributed by atoms with van der Waals surface area (Å²) < 4.78 is 97.7. The smallest absolute Gasteiger partial charge is 0.481 e. The molecular weight excluding hydrogens is 1660 g/mol. The van der Waals surface area contributed by atoms with Gasteiger partial charge in [-0.1, -0.05) is 90.0 Å². The zero-order valence-electron chi connectivity index (χ0n) is 60.6. The average Bonchev–Trinajstić information content (AvgIpc) is 0.791. The van der Waals surface area contributed by atoms with Crippen LogP contribution < -0.4 is 116 Å². The Balaban J connectivity index is 0.000000698. The Morgan fingerprint density at radius 3 is 1.56 bits per heavy atom. The minimum absolute atomic E-state index is 0. The number of aliphatic hydroxyl groups is 4. The third-order valence-corrected chi connectivity index (χ3v) is 20.7. The van der Waals surface area contributed by atoms with Gasteiger partial charge in [-0.05, 0) is 140 Å². The Morgan fingerprint density at radius 1 is 0.549 bits per heavy atom. The number of nitrogens with two attached hydrogens (primary N) is 4. The third kappa shape index (κ3) is 35.9. The van der Waals surface area contributed by atoms with E-state index >= 15 is 0 Å². The van der Waals surface area contributed by atoms with Crippen molar-refractivity contribution >= 4 is 124 Å². The summed E-state index contributed by atoms with van der Waals surface area (Å²) >= 11 is 0. The topological polar surface area (TPSA) is 704 Å². The number of urea groups is 1. The van der Waals surface area contributed by atoms with Crippen molar-refractivity contribution in [2.24, 2.45) is 44.1 Å². The van der Waals surface area contributed by atoms with Crippen molar-refractivity contribution in [3.63, 3.8) is 0 Å². The molecule has 5 aromatic carbocycles. The molecule has 1 aromatic heterocycles. The van der Waals surface area contributed by atoms with Gasteiger partial charge in [0.1, 0.15) is 30.0 Å². The molecular formula is C66H90N17NaO24PS3Tc+5. The normalized spacial score (nSPS) is 13.0. The number of amides is 6. The van der Waals surface area contributed by atoms with E-state index in [0.717, 1.165) is 29.0 Å².